The molecule has 0 atom stereocenters. The second-order valence-corrected chi connectivity index (χ2v) is 10.7. The molecular formula is C18H19N3O5S2. The van der Waals surface area contributed by atoms with Crippen molar-refractivity contribution in [1.29, 1.82) is 0 Å². The molecule has 0 radical (unpaired) electrons. The fraction of sp³-hybridized carbons (Fsp3) is 0.333. The molecule has 148 valence electrons. The first-order valence-electron chi connectivity index (χ1n) is 8.79. The predicted molar refractivity (Wildman–Crippen MR) is 105 cm³/mol. The lowest BCUT2D eigenvalue weighted by molar-refractivity contribution is -0.114. The van der Waals surface area contributed by atoms with Gasteiger partial charge in [0.15, 0.2) is 15.7 Å². The number of amidine groups is 1. The van der Waals surface area contributed by atoms with Gasteiger partial charge in [-0.1, -0.05) is 0 Å². The van der Waals surface area contributed by atoms with Crippen molar-refractivity contribution in [2.75, 3.05) is 30.0 Å². The minimum absolute atomic E-state index is 0.0941. The molecule has 8 nitrogen and oxygen atoms in total. The first kappa shape index (κ1) is 18.9. The third kappa shape index (κ3) is 3.37. The van der Waals surface area contributed by atoms with Gasteiger partial charge in [-0.3, -0.25) is 4.79 Å². The van der Waals surface area contributed by atoms with Gasteiger partial charge in [-0.15, -0.1) is 4.40 Å². The van der Waals surface area contributed by atoms with E-state index >= 15 is 0 Å². The van der Waals surface area contributed by atoms with Gasteiger partial charge in [0.05, 0.1) is 16.2 Å². The number of carbonyl (C=O) groups is 1. The summed E-state index contributed by atoms with van der Waals surface area (Å²) < 4.78 is 51.3. The Morgan fingerprint density at radius 3 is 2.75 bits per heavy atom. The molecule has 10 heteroatoms. The minimum Gasteiger partial charge on any atom is -0.331 e. The van der Waals surface area contributed by atoms with Gasteiger partial charge in [0.1, 0.15) is 0 Å². The molecule has 0 bridgehead atoms. The van der Waals surface area contributed by atoms with Gasteiger partial charge in [-0.2, -0.15) is 0 Å². The Bertz CT molecular complexity index is 1160. The summed E-state index contributed by atoms with van der Waals surface area (Å²) in [6.45, 7) is 0.710. The van der Waals surface area contributed by atoms with Crippen molar-refractivity contribution in [2.24, 2.45) is 4.40 Å². The molecule has 0 fully saturated rings. The molecule has 0 unspecified atom stereocenters. The Morgan fingerprint density at radius 1 is 1.21 bits per heavy atom. The number of amides is 1. The maximum Gasteiger partial charge on any atom is 0.262 e. The minimum atomic E-state index is -3.60. The van der Waals surface area contributed by atoms with Crippen molar-refractivity contribution in [3.05, 3.63) is 47.7 Å². The molecule has 28 heavy (non-hydrogen) atoms. The smallest absolute Gasteiger partial charge is 0.262 e. The highest BCUT2D eigenvalue weighted by Crippen LogP contribution is 2.31. The van der Waals surface area contributed by atoms with Gasteiger partial charge in [0.25, 0.3) is 15.9 Å². The van der Waals surface area contributed by atoms with Crippen LogP contribution >= 0.6 is 0 Å². The van der Waals surface area contributed by atoms with Gasteiger partial charge in [-0.25, -0.2) is 16.8 Å². The maximum absolute atomic E-state index is 13.3. The summed E-state index contributed by atoms with van der Waals surface area (Å²) in [6.07, 6.45) is 7.47. The summed E-state index contributed by atoms with van der Waals surface area (Å²) in [6, 6.07) is 4.73. The van der Waals surface area contributed by atoms with Crippen LogP contribution in [0.25, 0.3) is 0 Å². The van der Waals surface area contributed by atoms with E-state index < -0.39 is 19.9 Å². The lowest BCUT2D eigenvalue weighted by Gasteiger charge is -2.34. The largest absolute Gasteiger partial charge is 0.331 e. The highest BCUT2D eigenvalue weighted by atomic mass is 32.2. The van der Waals surface area contributed by atoms with E-state index in [1.807, 2.05) is 0 Å². The number of hydrogen-bond acceptors (Lipinski definition) is 6. The summed E-state index contributed by atoms with van der Waals surface area (Å²) in [5, 5.41) is 0. The molecule has 3 heterocycles. The number of sulfonamides is 1. The summed E-state index contributed by atoms with van der Waals surface area (Å²) in [5.74, 6) is -0.305. The normalized spacial score (nSPS) is 20.8. The predicted octanol–water partition coefficient (Wildman–Crippen LogP) is 0.867. The van der Waals surface area contributed by atoms with Crippen LogP contribution in [0.4, 0.5) is 5.69 Å². The average molecular weight is 422 g/mol. The van der Waals surface area contributed by atoms with Gasteiger partial charge in [0, 0.05) is 31.2 Å². The van der Waals surface area contributed by atoms with Crippen LogP contribution in [-0.2, 0) is 31.1 Å². The van der Waals surface area contributed by atoms with Crippen LogP contribution in [0, 0.1) is 0 Å². The Kier molecular flexibility index (Phi) is 4.42. The zero-order chi connectivity index (χ0) is 20.1. The lowest BCUT2D eigenvalue weighted by atomic mass is 10.00. The number of rotatable bonds is 2. The highest BCUT2D eigenvalue weighted by molar-refractivity contribution is 7.90. The van der Waals surface area contributed by atoms with Crippen molar-refractivity contribution in [3.8, 4) is 0 Å². The first-order valence-corrected chi connectivity index (χ1v) is 12.3. The van der Waals surface area contributed by atoms with Gasteiger partial charge in [0.2, 0.25) is 0 Å². The van der Waals surface area contributed by atoms with Crippen LogP contribution < -0.4 is 4.90 Å². The second kappa shape index (κ2) is 6.56. The zero-order valence-corrected chi connectivity index (χ0v) is 16.8. The van der Waals surface area contributed by atoms with Crippen LogP contribution in [0.1, 0.15) is 12.0 Å². The standard InChI is InChI=1S/C18H19N3O5S2/c1-27(23,24)14-6-7-16-13(12-14)4-2-9-21(16)18(22)15-5-3-8-20-10-11-28(25,26)19-17(15)20/h3,5-8,12H,2,4,9-11H2,1H3. The monoisotopic (exact) mass is 421 g/mol. The maximum atomic E-state index is 13.3. The molecular weight excluding hydrogens is 402 g/mol. The van der Waals surface area contributed by atoms with Gasteiger partial charge < -0.3 is 9.80 Å². The number of allylic oxidation sites excluding steroid dienone is 2. The van der Waals surface area contributed by atoms with Crippen LogP contribution in [0.3, 0.4) is 0 Å². The van der Waals surface area contributed by atoms with Crippen LogP contribution in [-0.4, -0.2) is 58.6 Å². The zero-order valence-electron chi connectivity index (χ0n) is 15.2. The van der Waals surface area contributed by atoms with Crippen molar-refractivity contribution >= 4 is 37.3 Å². The van der Waals surface area contributed by atoms with Crippen molar-refractivity contribution in [2.45, 2.75) is 17.7 Å². The number of sulfone groups is 1. The van der Waals surface area contributed by atoms with E-state index in [0.717, 1.165) is 11.8 Å². The molecule has 1 amide bonds. The Hall–Kier alpha value is -2.46. The molecule has 0 saturated carbocycles. The van der Waals surface area contributed by atoms with Crippen LogP contribution in [0.5, 0.6) is 0 Å². The van der Waals surface area contributed by atoms with E-state index in [9.17, 15) is 21.6 Å². The molecule has 0 N–H and O–H groups in total. The van der Waals surface area contributed by atoms with Crippen molar-refractivity contribution in [1.82, 2.24) is 4.90 Å². The second-order valence-electron chi connectivity index (χ2n) is 6.94. The molecule has 1 aromatic carbocycles. The van der Waals surface area contributed by atoms with E-state index in [1.54, 1.807) is 40.3 Å². The summed E-state index contributed by atoms with van der Waals surface area (Å²) in [5.41, 5.74) is 1.64. The average Bonchev–Trinajstić information content (AvgIpc) is 2.64. The molecule has 1 aromatic rings. The van der Waals surface area contributed by atoms with Crippen molar-refractivity contribution in [3.63, 3.8) is 0 Å². The highest BCUT2D eigenvalue weighted by Gasteiger charge is 2.34. The molecule has 3 aliphatic heterocycles. The topological polar surface area (TPSA) is 104 Å². The van der Waals surface area contributed by atoms with E-state index in [4.69, 9.17) is 0 Å². The number of anilines is 1. The number of aryl methyl sites for hydroxylation is 1. The third-order valence-corrected chi connectivity index (χ3v) is 7.19. The quantitative estimate of drug-likeness (QED) is 0.702. The number of nitrogens with zero attached hydrogens (tertiary/aromatic N) is 3. The number of fused-ring (bicyclic) bond motifs is 2. The summed E-state index contributed by atoms with van der Waals surface area (Å²) in [4.78, 5) is 16.7. The number of hydrogen-bond donors (Lipinski definition) is 0. The SMILES string of the molecule is CS(=O)(=O)c1ccc2c(c1)CCCN2C(=O)C1=CC=CN2CCS(=O)(=O)N=C12. The Balaban J connectivity index is 1.73. The Morgan fingerprint density at radius 2 is 2.00 bits per heavy atom. The van der Waals surface area contributed by atoms with Crippen molar-refractivity contribution < 1.29 is 21.6 Å². The fourth-order valence-corrected chi connectivity index (χ4v) is 5.20. The van der Waals surface area contributed by atoms with Crippen LogP contribution in [0.15, 0.2) is 51.4 Å². The lowest BCUT2D eigenvalue weighted by Crippen LogP contribution is -2.44. The summed E-state index contributed by atoms with van der Waals surface area (Å²) >= 11 is 0. The molecule has 0 aliphatic carbocycles. The van der Waals surface area contributed by atoms with Gasteiger partial charge in [-0.05, 0) is 48.8 Å². The van der Waals surface area contributed by atoms with E-state index in [1.165, 1.54) is 6.07 Å². The van der Waals surface area contributed by atoms with E-state index in [0.29, 0.717) is 25.1 Å². The molecule has 0 saturated heterocycles. The third-order valence-electron chi connectivity index (χ3n) is 4.93. The molecule has 3 aliphatic rings. The van der Waals surface area contributed by atoms with Crippen LogP contribution in [0.2, 0.25) is 0 Å². The van der Waals surface area contributed by atoms with Gasteiger partial charge >= 0.3 is 0 Å². The molecule has 0 spiro atoms. The number of carbonyl (C=O) groups excluding carboxylic acids is 1. The molecule has 0 aromatic heterocycles. The first-order chi connectivity index (χ1) is 13.2. The number of benzene rings is 1. The molecule has 4 rings (SSSR count). The van der Waals surface area contributed by atoms with E-state index in [-0.39, 0.29) is 34.5 Å². The van der Waals surface area contributed by atoms with E-state index in [2.05, 4.69) is 4.40 Å². The Labute approximate surface area is 163 Å². The fourth-order valence-electron chi connectivity index (χ4n) is 3.54. The summed E-state index contributed by atoms with van der Waals surface area (Å²) in [7, 11) is -6.94.